The quantitative estimate of drug-likeness (QED) is 0.786. The third-order valence-electron chi connectivity index (χ3n) is 7.17. The van der Waals surface area contributed by atoms with E-state index in [-0.39, 0.29) is 24.4 Å². The zero-order valence-corrected chi connectivity index (χ0v) is 17.8. The molecule has 0 spiro atoms. The Morgan fingerprint density at radius 1 is 1.00 bits per heavy atom. The maximum Gasteiger partial charge on any atom is 0.242 e. The number of carbonyl (C=O) groups is 2. The molecule has 0 aromatic heterocycles. The lowest BCUT2D eigenvalue weighted by Gasteiger charge is -2.37. The topological polar surface area (TPSA) is 43.9 Å². The number of likely N-dealkylation sites (tertiary alicyclic amines) is 3. The van der Waals surface area contributed by atoms with Gasteiger partial charge in [-0.15, -0.1) is 0 Å². The molecule has 0 bridgehead atoms. The predicted molar refractivity (Wildman–Crippen MR) is 115 cm³/mol. The van der Waals surface area contributed by atoms with Crippen LogP contribution in [0.5, 0.6) is 0 Å². The molecule has 0 N–H and O–H groups in total. The van der Waals surface area contributed by atoms with Crippen LogP contribution in [-0.2, 0) is 9.59 Å². The van der Waals surface area contributed by atoms with Crippen LogP contribution >= 0.6 is 0 Å². The summed E-state index contributed by atoms with van der Waals surface area (Å²) in [5.74, 6) is 0.636. The van der Waals surface area contributed by atoms with Crippen LogP contribution in [0, 0.1) is 0 Å². The maximum absolute atomic E-state index is 13.4. The van der Waals surface area contributed by atoms with E-state index in [1.165, 1.54) is 24.8 Å². The van der Waals surface area contributed by atoms with Gasteiger partial charge in [-0.1, -0.05) is 49.6 Å². The molecule has 3 aliphatic rings. The van der Waals surface area contributed by atoms with Crippen LogP contribution in [-0.4, -0.2) is 71.8 Å². The fourth-order valence-corrected chi connectivity index (χ4v) is 5.63. The van der Waals surface area contributed by atoms with Crippen LogP contribution in [0.4, 0.5) is 0 Å². The standard InChI is InChI=1S/C24H35N3O2/c1-25-15-9-3-7-13-21-24(25)20(19-11-5-2-6-12-19)17-27(21)23(29)18-26-16-10-4-8-14-22(26)28/h2,5-6,11-12,20-21,24H,3-4,7-10,13-18H2,1H3/t20-,21+,24-/m0/s1. The highest BCUT2D eigenvalue weighted by Crippen LogP contribution is 2.38. The van der Waals surface area contributed by atoms with Gasteiger partial charge in [0.25, 0.3) is 0 Å². The van der Waals surface area contributed by atoms with Crippen molar-refractivity contribution >= 4 is 11.8 Å². The molecule has 0 radical (unpaired) electrons. The van der Waals surface area contributed by atoms with Gasteiger partial charge in [0, 0.05) is 37.5 Å². The van der Waals surface area contributed by atoms with Crippen molar-refractivity contribution in [2.45, 2.75) is 69.4 Å². The van der Waals surface area contributed by atoms with Crippen LogP contribution in [0.1, 0.15) is 62.8 Å². The molecule has 2 amide bonds. The van der Waals surface area contributed by atoms with Gasteiger partial charge in [0.1, 0.15) is 0 Å². The Balaban J connectivity index is 1.56. The molecule has 0 aliphatic carbocycles. The summed E-state index contributed by atoms with van der Waals surface area (Å²) >= 11 is 0. The van der Waals surface area contributed by atoms with E-state index in [0.717, 1.165) is 45.3 Å². The fourth-order valence-electron chi connectivity index (χ4n) is 5.63. The molecule has 4 rings (SSSR count). The number of benzene rings is 1. The summed E-state index contributed by atoms with van der Waals surface area (Å²) in [5, 5.41) is 0. The number of fused-ring (bicyclic) bond motifs is 1. The molecule has 3 aliphatic heterocycles. The molecule has 3 fully saturated rings. The van der Waals surface area contributed by atoms with Gasteiger partial charge in [0.15, 0.2) is 0 Å². The van der Waals surface area contributed by atoms with Crippen LogP contribution in [0.25, 0.3) is 0 Å². The summed E-state index contributed by atoms with van der Waals surface area (Å²) in [6, 6.07) is 11.3. The van der Waals surface area contributed by atoms with E-state index in [1.807, 2.05) is 4.90 Å². The van der Waals surface area contributed by atoms with Gasteiger partial charge in [0.2, 0.25) is 11.8 Å². The van der Waals surface area contributed by atoms with Gasteiger partial charge in [-0.05, 0) is 44.8 Å². The van der Waals surface area contributed by atoms with Gasteiger partial charge in [-0.3, -0.25) is 9.59 Å². The third kappa shape index (κ3) is 4.50. The van der Waals surface area contributed by atoms with Crippen molar-refractivity contribution in [3.63, 3.8) is 0 Å². The number of hydrogen-bond acceptors (Lipinski definition) is 3. The highest BCUT2D eigenvalue weighted by atomic mass is 16.2. The minimum atomic E-state index is 0.141. The summed E-state index contributed by atoms with van der Waals surface area (Å²) in [4.78, 5) is 32.3. The van der Waals surface area contributed by atoms with Gasteiger partial charge < -0.3 is 14.7 Å². The normalized spacial score (nSPS) is 29.1. The van der Waals surface area contributed by atoms with Gasteiger partial charge in [0.05, 0.1) is 6.54 Å². The Morgan fingerprint density at radius 2 is 1.76 bits per heavy atom. The lowest BCUT2D eigenvalue weighted by atomic mass is 9.87. The second kappa shape index (κ2) is 9.29. The van der Waals surface area contributed by atoms with Crippen molar-refractivity contribution in [3.05, 3.63) is 35.9 Å². The first-order valence-corrected chi connectivity index (χ1v) is 11.5. The molecule has 5 nitrogen and oxygen atoms in total. The molecular weight excluding hydrogens is 362 g/mol. The summed E-state index contributed by atoms with van der Waals surface area (Å²) < 4.78 is 0. The van der Waals surface area contributed by atoms with E-state index in [2.05, 4.69) is 47.2 Å². The van der Waals surface area contributed by atoms with Crippen LogP contribution < -0.4 is 0 Å². The molecule has 5 heteroatoms. The molecule has 3 heterocycles. The Labute approximate surface area is 175 Å². The fraction of sp³-hybridized carbons (Fsp3) is 0.667. The number of nitrogens with zero attached hydrogens (tertiary/aromatic N) is 3. The van der Waals surface area contributed by atoms with Crippen molar-refractivity contribution in [2.75, 3.05) is 33.2 Å². The average Bonchev–Trinajstić information content (AvgIpc) is 2.98. The number of rotatable bonds is 3. The Kier molecular flexibility index (Phi) is 6.53. The first-order valence-electron chi connectivity index (χ1n) is 11.5. The Hall–Kier alpha value is -1.88. The first-order chi connectivity index (χ1) is 14.1. The molecule has 0 unspecified atom stereocenters. The zero-order valence-electron chi connectivity index (χ0n) is 17.8. The molecule has 3 saturated heterocycles. The van der Waals surface area contributed by atoms with E-state index < -0.39 is 0 Å². The van der Waals surface area contributed by atoms with Crippen LogP contribution in [0.15, 0.2) is 30.3 Å². The van der Waals surface area contributed by atoms with Gasteiger partial charge in [-0.25, -0.2) is 0 Å². The van der Waals surface area contributed by atoms with E-state index in [1.54, 1.807) is 0 Å². The second-order valence-electron chi connectivity index (χ2n) is 9.08. The largest absolute Gasteiger partial charge is 0.336 e. The van der Waals surface area contributed by atoms with E-state index in [4.69, 9.17) is 0 Å². The third-order valence-corrected chi connectivity index (χ3v) is 7.17. The average molecular weight is 398 g/mol. The van der Waals surface area contributed by atoms with Crippen molar-refractivity contribution in [2.24, 2.45) is 0 Å². The first kappa shape index (κ1) is 20.4. The minimum absolute atomic E-state index is 0.141. The van der Waals surface area contributed by atoms with E-state index in [9.17, 15) is 9.59 Å². The minimum Gasteiger partial charge on any atom is -0.336 e. The van der Waals surface area contributed by atoms with Crippen molar-refractivity contribution < 1.29 is 9.59 Å². The monoisotopic (exact) mass is 397 g/mol. The predicted octanol–water partition coefficient (Wildman–Crippen LogP) is 3.26. The highest BCUT2D eigenvalue weighted by molar-refractivity contribution is 5.85. The van der Waals surface area contributed by atoms with Crippen molar-refractivity contribution in [3.8, 4) is 0 Å². The molecule has 1 aromatic carbocycles. The summed E-state index contributed by atoms with van der Waals surface area (Å²) in [7, 11) is 2.23. The zero-order chi connectivity index (χ0) is 20.2. The molecule has 1 aromatic rings. The Morgan fingerprint density at radius 3 is 2.59 bits per heavy atom. The maximum atomic E-state index is 13.4. The van der Waals surface area contributed by atoms with Crippen molar-refractivity contribution in [1.29, 1.82) is 0 Å². The van der Waals surface area contributed by atoms with Crippen LogP contribution in [0.2, 0.25) is 0 Å². The number of carbonyl (C=O) groups excluding carboxylic acids is 2. The van der Waals surface area contributed by atoms with Crippen molar-refractivity contribution in [1.82, 2.24) is 14.7 Å². The molecule has 158 valence electrons. The molecule has 29 heavy (non-hydrogen) atoms. The summed E-state index contributed by atoms with van der Waals surface area (Å²) in [5.41, 5.74) is 1.33. The number of likely N-dealkylation sites (N-methyl/N-ethyl adjacent to an activating group) is 1. The smallest absolute Gasteiger partial charge is 0.242 e. The lowest BCUT2D eigenvalue weighted by molar-refractivity contribution is -0.141. The second-order valence-corrected chi connectivity index (χ2v) is 9.08. The SMILES string of the molecule is CN1CCCCC[C@@H]2[C@@H]1[C@H](c1ccccc1)CN2C(=O)CN1CCCCCC1=O. The van der Waals surface area contributed by atoms with Crippen LogP contribution in [0.3, 0.4) is 0 Å². The number of hydrogen-bond donors (Lipinski definition) is 0. The van der Waals surface area contributed by atoms with E-state index >= 15 is 0 Å². The molecular formula is C24H35N3O2. The number of amides is 2. The lowest BCUT2D eigenvalue weighted by Crippen LogP contribution is -2.50. The Bertz CT molecular complexity index is 707. The van der Waals surface area contributed by atoms with E-state index in [0.29, 0.717) is 18.4 Å². The molecule has 0 saturated carbocycles. The molecule has 3 atom stereocenters. The van der Waals surface area contributed by atoms with Gasteiger partial charge >= 0.3 is 0 Å². The highest BCUT2D eigenvalue weighted by Gasteiger charge is 2.46. The van der Waals surface area contributed by atoms with Gasteiger partial charge in [-0.2, -0.15) is 0 Å². The summed E-state index contributed by atoms with van der Waals surface area (Å²) in [6.45, 7) is 2.85. The summed E-state index contributed by atoms with van der Waals surface area (Å²) in [6.07, 6.45) is 8.37.